The maximum absolute atomic E-state index is 11.6. The topological polar surface area (TPSA) is 42.9 Å². The smallest absolute Gasteiger partial charge is 0.195 e. The molecule has 0 unspecified atom stereocenters. The van der Waals surface area contributed by atoms with E-state index < -0.39 is 0 Å². The molecule has 0 saturated carbocycles. The Balaban J connectivity index is 2.10. The van der Waals surface area contributed by atoms with Gasteiger partial charge in [0.1, 0.15) is 0 Å². The number of nitrogens with zero attached hydrogens (tertiary/aromatic N) is 2. The molecule has 0 spiro atoms. The second-order valence-corrected chi connectivity index (χ2v) is 4.96. The van der Waals surface area contributed by atoms with E-state index in [0.29, 0.717) is 14.9 Å². The zero-order valence-corrected chi connectivity index (χ0v) is 9.77. The fraction of sp³-hybridized carbons (Fsp3) is 0. The van der Waals surface area contributed by atoms with E-state index in [1.165, 1.54) is 28.9 Å². The van der Waals surface area contributed by atoms with Crippen molar-refractivity contribution in [3.05, 3.63) is 38.5 Å². The number of aromatic nitrogens is 2. The quantitative estimate of drug-likeness (QED) is 0.626. The molecule has 0 atom stereocenters. The summed E-state index contributed by atoms with van der Waals surface area (Å²) in [6, 6.07) is 3.41. The van der Waals surface area contributed by atoms with E-state index in [1.54, 1.807) is 23.6 Å². The Morgan fingerprint density at radius 3 is 2.93 bits per heavy atom. The van der Waals surface area contributed by atoms with Crippen LogP contribution in [0.4, 0.5) is 0 Å². The second-order valence-electron chi connectivity index (χ2n) is 2.63. The summed E-state index contributed by atoms with van der Waals surface area (Å²) in [6.45, 7) is 0. The average molecular weight is 257 g/mol. The van der Waals surface area contributed by atoms with Crippen LogP contribution in [-0.4, -0.2) is 15.4 Å². The van der Waals surface area contributed by atoms with Crippen LogP contribution in [0, 0.1) is 0 Å². The molecule has 15 heavy (non-hydrogen) atoms. The summed E-state index contributed by atoms with van der Waals surface area (Å²) in [5.41, 5.74) is 0.691. The Labute approximate surface area is 99.2 Å². The first-order valence-corrected chi connectivity index (χ1v) is 6.03. The molecule has 0 aliphatic rings. The predicted octanol–water partition coefficient (Wildman–Crippen LogP) is 3.15. The van der Waals surface area contributed by atoms with Gasteiger partial charge in [0.2, 0.25) is 0 Å². The molecular weight excluding hydrogens is 252 g/mol. The van der Waals surface area contributed by atoms with Crippen LogP contribution in [0.2, 0.25) is 4.34 Å². The number of rotatable bonds is 3. The van der Waals surface area contributed by atoms with Gasteiger partial charge in [-0.1, -0.05) is 16.1 Å². The summed E-state index contributed by atoms with van der Waals surface area (Å²) in [4.78, 5) is 12.2. The van der Waals surface area contributed by atoms with Gasteiger partial charge in [0.15, 0.2) is 5.78 Å². The number of ketones is 1. The normalized spacial score (nSPS) is 11.0. The molecule has 2 heterocycles. The van der Waals surface area contributed by atoms with Crippen LogP contribution in [0.15, 0.2) is 23.6 Å². The van der Waals surface area contributed by atoms with Gasteiger partial charge in [-0.05, 0) is 35.8 Å². The third-order valence-electron chi connectivity index (χ3n) is 1.60. The minimum absolute atomic E-state index is 0.0695. The third kappa shape index (κ3) is 2.71. The largest absolute Gasteiger partial charge is 0.288 e. The van der Waals surface area contributed by atoms with Crippen molar-refractivity contribution in [2.45, 2.75) is 0 Å². The summed E-state index contributed by atoms with van der Waals surface area (Å²) in [5.74, 6) is -0.0695. The van der Waals surface area contributed by atoms with Crippen LogP contribution in [0.1, 0.15) is 15.4 Å². The minimum Gasteiger partial charge on any atom is -0.288 e. The number of hydrogen-bond donors (Lipinski definition) is 0. The SMILES string of the molecule is O=C(/C=C/c1csnn1)c1ccc(Cl)s1. The van der Waals surface area contributed by atoms with E-state index in [2.05, 4.69) is 9.59 Å². The van der Waals surface area contributed by atoms with Crippen molar-refractivity contribution in [3.63, 3.8) is 0 Å². The highest BCUT2D eigenvalue weighted by Gasteiger charge is 2.04. The lowest BCUT2D eigenvalue weighted by Gasteiger charge is -1.86. The molecule has 2 rings (SSSR count). The van der Waals surface area contributed by atoms with Crippen LogP contribution < -0.4 is 0 Å². The molecule has 0 N–H and O–H groups in total. The fourth-order valence-corrected chi connectivity index (χ4v) is 2.32. The average Bonchev–Trinajstić information content (AvgIpc) is 2.84. The molecule has 0 bridgehead atoms. The van der Waals surface area contributed by atoms with Gasteiger partial charge in [0.25, 0.3) is 0 Å². The summed E-state index contributed by atoms with van der Waals surface area (Å²) >= 11 is 8.24. The first kappa shape index (κ1) is 10.5. The molecule has 0 aliphatic carbocycles. The second kappa shape index (κ2) is 4.65. The molecule has 2 aromatic heterocycles. The van der Waals surface area contributed by atoms with E-state index in [-0.39, 0.29) is 5.78 Å². The lowest BCUT2D eigenvalue weighted by molar-refractivity contribution is 0.105. The monoisotopic (exact) mass is 256 g/mol. The highest BCUT2D eigenvalue weighted by molar-refractivity contribution is 7.18. The van der Waals surface area contributed by atoms with Gasteiger partial charge in [0.05, 0.1) is 14.9 Å². The van der Waals surface area contributed by atoms with Gasteiger partial charge in [-0.15, -0.1) is 16.4 Å². The van der Waals surface area contributed by atoms with Crippen molar-refractivity contribution < 1.29 is 4.79 Å². The number of allylic oxidation sites excluding steroid dienone is 1. The molecule has 0 radical (unpaired) electrons. The summed E-state index contributed by atoms with van der Waals surface area (Å²) in [6.07, 6.45) is 3.11. The highest BCUT2D eigenvalue weighted by atomic mass is 35.5. The number of carbonyl (C=O) groups is 1. The highest BCUT2D eigenvalue weighted by Crippen LogP contribution is 2.22. The minimum atomic E-state index is -0.0695. The molecule has 0 aliphatic heterocycles. The molecule has 76 valence electrons. The summed E-state index contributed by atoms with van der Waals surface area (Å²) in [7, 11) is 0. The van der Waals surface area contributed by atoms with E-state index in [1.807, 2.05) is 0 Å². The molecule has 0 aromatic carbocycles. The van der Waals surface area contributed by atoms with Crippen molar-refractivity contribution in [3.8, 4) is 0 Å². The zero-order valence-electron chi connectivity index (χ0n) is 7.38. The van der Waals surface area contributed by atoms with Gasteiger partial charge in [-0.3, -0.25) is 4.79 Å². The van der Waals surface area contributed by atoms with Crippen LogP contribution in [0.3, 0.4) is 0 Å². The first-order chi connectivity index (χ1) is 7.25. The van der Waals surface area contributed by atoms with E-state index in [9.17, 15) is 4.79 Å². The molecule has 0 fully saturated rings. The summed E-state index contributed by atoms with van der Waals surface area (Å²) < 4.78 is 4.30. The predicted molar refractivity (Wildman–Crippen MR) is 62.6 cm³/mol. The van der Waals surface area contributed by atoms with Gasteiger partial charge >= 0.3 is 0 Å². The Morgan fingerprint density at radius 2 is 2.33 bits per heavy atom. The molecule has 2 aromatic rings. The van der Waals surface area contributed by atoms with Crippen molar-refractivity contribution in [2.24, 2.45) is 0 Å². The zero-order chi connectivity index (χ0) is 10.7. The Kier molecular flexibility index (Phi) is 3.25. The summed E-state index contributed by atoms with van der Waals surface area (Å²) in [5, 5.41) is 5.56. The Morgan fingerprint density at radius 1 is 1.47 bits per heavy atom. The lowest BCUT2D eigenvalue weighted by atomic mass is 10.3. The third-order valence-corrected chi connectivity index (χ3v) is 3.37. The number of carbonyl (C=O) groups excluding carboxylic acids is 1. The van der Waals surface area contributed by atoms with E-state index in [4.69, 9.17) is 11.6 Å². The molecule has 6 heteroatoms. The van der Waals surface area contributed by atoms with Gasteiger partial charge in [-0.25, -0.2) is 0 Å². The number of halogens is 1. The van der Waals surface area contributed by atoms with Crippen molar-refractivity contribution in [1.29, 1.82) is 0 Å². The first-order valence-electron chi connectivity index (χ1n) is 4.00. The van der Waals surface area contributed by atoms with Crippen molar-refractivity contribution in [2.75, 3.05) is 0 Å². The molecule has 3 nitrogen and oxygen atoms in total. The maximum atomic E-state index is 11.6. The maximum Gasteiger partial charge on any atom is 0.195 e. The molecule has 0 amide bonds. The van der Waals surface area contributed by atoms with Gasteiger partial charge < -0.3 is 0 Å². The molecular formula is C9H5ClN2OS2. The van der Waals surface area contributed by atoms with Crippen molar-refractivity contribution >= 4 is 46.3 Å². The molecule has 0 saturated heterocycles. The lowest BCUT2D eigenvalue weighted by Crippen LogP contribution is -1.88. The Bertz CT molecular complexity index is 490. The van der Waals surface area contributed by atoms with Crippen LogP contribution in [0.25, 0.3) is 6.08 Å². The standard InChI is InChI=1S/C9H5ClN2OS2/c10-9-4-3-8(15-9)7(13)2-1-6-5-14-12-11-6/h1-5H/b2-1+. The number of hydrogen-bond acceptors (Lipinski definition) is 5. The van der Waals surface area contributed by atoms with E-state index in [0.717, 1.165) is 0 Å². The number of thiophene rings is 1. The van der Waals surface area contributed by atoms with E-state index >= 15 is 0 Å². The van der Waals surface area contributed by atoms with Gasteiger partial charge in [0, 0.05) is 5.38 Å². The van der Waals surface area contributed by atoms with Crippen LogP contribution in [0.5, 0.6) is 0 Å². The van der Waals surface area contributed by atoms with Crippen LogP contribution in [-0.2, 0) is 0 Å². The van der Waals surface area contributed by atoms with Crippen LogP contribution >= 0.6 is 34.5 Å². The van der Waals surface area contributed by atoms with Crippen molar-refractivity contribution in [1.82, 2.24) is 9.59 Å². The Hall–Kier alpha value is -1.04. The van der Waals surface area contributed by atoms with Gasteiger partial charge in [-0.2, -0.15) is 0 Å². The fourth-order valence-electron chi connectivity index (χ4n) is 0.934.